The van der Waals surface area contributed by atoms with E-state index in [1.165, 1.54) is 30.4 Å². The maximum Gasteiger partial charge on any atom is 0.337 e. The highest BCUT2D eigenvalue weighted by Gasteiger charge is 2.52. The van der Waals surface area contributed by atoms with E-state index in [-0.39, 0.29) is 23.7 Å². The minimum Gasteiger partial charge on any atom is -0.504 e. The number of phenols is 2. The van der Waals surface area contributed by atoms with Crippen LogP contribution in [0.15, 0.2) is 47.8 Å². The molecular formula is C26H30O14. The van der Waals surface area contributed by atoms with Crippen LogP contribution in [0, 0.1) is 11.8 Å². The Bertz CT molecular complexity index is 1190. The number of benzene rings is 1. The van der Waals surface area contributed by atoms with Crippen molar-refractivity contribution < 1.29 is 69.0 Å². The Kier molecular flexibility index (Phi) is 9.10. The van der Waals surface area contributed by atoms with Gasteiger partial charge in [0.25, 0.3) is 0 Å². The van der Waals surface area contributed by atoms with Crippen LogP contribution in [0.2, 0.25) is 0 Å². The summed E-state index contributed by atoms with van der Waals surface area (Å²) in [5, 5.41) is 69.8. The number of ether oxygens (including phenoxy) is 5. The zero-order valence-electron chi connectivity index (χ0n) is 21.1. The molecule has 0 saturated carbocycles. The lowest BCUT2D eigenvalue weighted by atomic mass is 9.82. The van der Waals surface area contributed by atoms with Crippen LogP contribution in [0.3, 0.4) is 0 Å². The van der Waals surface area contributed by atoms with Crippen molar-refractivity contribution in [3.8, 4) is 11.5 Å². The number of rotatable bonds is 8. The lowest BCUT2D eigenvalue weighted by Gasteiger charge is -2.43. The molecule has 2 heterocycles. The second kappa shape index (κ2) is 12.3. The van der Waals surface area contributed by atoms with Crippen LogP contribution in [0.5, 0.6) is 11.5 Å². The highest BCUT2D eigenvalue weighted by Crippen LogP contribution is 2.45. The van der Waals surface area contributed by atoms with Crippen molar-refractivity contribution in [1.82, 2.24) is 0 Å². The Morgan fingerprint density at radius 3 is 2.42 bits per heavy atom. The van der Waals surface area contributed by atoms with Gasteiger partial charge in [-0.1, -0.05) is 12.1 Å². The van der Waals surface area contributed by atoms with Crippen molar-refractivity contribution in [2.24, 2.45) is 11.8 Å². The van der Waals surface area contributed by atoms with E-state index < -0.39 is 73.5 Å². The molecule has 1 aromatic rings. The third-order valence-electron chi connectivity index (χ3n) is 6.88. The third kappa shape index (κ3) is 5.97. The zero-order valence-corrected chi connectivity index (χ0v) is 21.1. The average Bonchev–Trinajstić information content (AvgIpc) is 3.28. The summed E-state index contributed by atoms with van der Waals surface area (Å²) < 4.78 is 26.8. The number of esters is 2. The monoisotopic (exact) mass is 566 g/mol. The van der Waals surface area contributed by atoms with Gasteiger partial charge in [-0.15, -0.1) is 0 Å². The number of aromatic hydroxyl groups is 2. The number of aliphatic hydroxyl groups excluding tert-OH is 5. The largest absolute Gasteiger partial charge is 0.504 e. The lowest BCUT2D eigenvalue weighted by molar-refractivity contribution is -0.340. The zero-order chi connectivity index (χ0) is 29.1. The maximum absolute atomic E-state index is 12.4. The highest BCUT2D eigenvalue weighted by molar-refractivity contribution is 5.89. The van der Waals surface area contributed by atoms with Crippen LogP contribution < -0.4 is 0 Å². The Balaban J connectivity index is 1.51. The summed E-state index contributed by atoms with van der Waals surface area (Å²) in [6.07, 6.45) is -5.69. The number of carbonyl (C=O) groups is 2. The second-order valence-electron chi connectivity index (χ2n) is 9.38. The minimum absolute atomic E-state index is 0.0294. The number of methoxy groups -OCH3 is 1. The number of hydrogen-bond acceptors (Lipinski definition) is 14. The van der Waals surface area contributed by atoms with Gasteiger partial charge >= 0.3 is 11.9 Å². The van der Waals surface area contributed by atoms with Gasteiger partial charge in [0, 0.05) is 12.0 Å². The predicted molar refractivity (Wildman–Crippen MR) is 131 cm³/mol. The van der Waals surface area contributed by atoms with E-state index in [1.54, 1.807) is 0 Å². The van der Waals surface area contributed by atoms with Crippen molar-refractivity contribution in [1.29, 1.82) is 0 Å². The Hall–Kier alpha value is -3.50. The first-order valence-corrected chi connectivity index (χ1v) is 12.2. The Morgan fingerprint density at radius 2 is 1.75 bits per heavy atom. The molecule has 14 heteroatoms. The Morgan fingerprint density at radius 1 is 1.00 bits per heavy atom. The van der Waals surface area contributed by atoms with E-state index in [0.717, 1.165) is 19.4 Å². The van der Waals surface area contributed by atoms with Gasteiger partial charge in [-0.25, -0.2) is 9.59 Å². The summed E-state index contributed by atoms with van der Waals surface area (Å²) in [5.41, 5.74) is 0.674. The van der Waals surface area contributed by atoms with Gasteiger partial charge < -0.3 is 59.4 Å². The van der Waals surface area contributed by atoms with Crippen LogP contribution in [0.25, 0.3) is 6.08 Å². The molecule has 3 aliphatic rings. The molecule has 1 aromatic carbocycles. The molecule has 218 valence electrons. The molecule has 4 rings (SSSR count). The summed E-state index contributed by atoms with van der Waals surface area (Å²) in [6.45, 7) is -1.06. The van der Waals surface area contributed by atoms with E-state index in [9.17, 15) is 45.3 Å². The molecule has 0 spiro atoms. The molecular weight excluding hydrogens is 536 g/mol. The minimum atomic E-state index is -1.74. The number of fused-ring (bicyclic) bond motifs is 1. The molecule has 2 aliphatic heterocycles. The van der Waals surface area contributed by atoms with Gasteiger partial charge in [0.15, 0.2) is 17.8 Å². The number of aliphatic hydroxyl groups is 5. The first kappa shape index (κ1) is 29.5. The lowest BCUT2D eigenvalue weighted by Crippen LogP contribution is -2.60. The van der Waals surface area contributed by atoms with E-state index in [0.29, 0.717) is 11.1 Å². The first-order chi connectivity index (χ1) is 19.0. The number of carbonyl (C=O) groups excluding carboxylic acids is 2. The first-order valence-electron chi connectivity index (χ1n) is 12.2. The van der Waals surface area contributed by atoms with Crippen LogP contribution in [-0.4, -0.2) is 111 Å². The average molecular weight is 567 g/mol. The van der Waals surface area contributed by atoms with Gasteiger partial charge in [-0.3, -0.25) is 0 Å². The molecule has 1 aliphatic carbocycles. The molecule has 0 amide bonds. The quantitative estimate of drug-likeness (QED) is 0.0817. The topological polar surface area (TPSA) is 222 Å². The molecule has 40 heavy (non-hydrogen) atoms. The molecule has 1 saturated heterocycles. The van der Waals surface area contributed by atoms with Gasteiger partial charge in [0.05, 0.1) is 37.6 Å². The van der Waals surface area contributed by atoms with Crippen molar-refractivity contribution in [2.75, 3.05) is 20.3 Å². The van der Waals surface area contributed by atoms with Crippen molar-refractivity contribution in [2.45, 2.75) is 43.1 Å². The normalized spacial score (nSPS) is 33.5. The van der Waals surface area contributed by atoms with E-state index in [1.807, 2.05) is 0 Å². The number of phenolic OH excluding ortho intramolecular Hbond substituents is 2. The van der Waals surface area contributed by atoms with Crippen LogP contribution in [-0.2, 0) is 33.3 Å². The van der Waals surface area contributed by atoms with Crippen molar-refractivity contribution in [3.05, 3.63) is 53.3 Å². The van der Waals surface area contributed by atoms with E-state index in [4.69, 9.17) is 23.7 Å². The summed E-state index contributed by atoms with van der Waals surface area (Å²) in [5.74, 6) is -4.18. The van der Waals surface area contributed by atoms with Crippen LogP contribution in [0.4, 0.5) is 0 Å². The smallest absolute Gasteiger partial charge is 0.337 e. The molecule has 0 unspecified atom stereocenters. The van der Waals surface area contributed by atoms with Crippen LogP contribution in [0.1, 0.15) is 5.56 Å². The molecule has 1 fully saturated rings. The van der Waals surface area contributed by atoms with Gasteiger partial charge in [-0.05, 0) is 29.3 Å². The molecule has 0 aromatic heterocycles. The SMILES string of the molecule is COC(=O)C1=CO[C@H](O[C@@H]2O[C@H](CO)[C@@H](O)[C@H](O)[C@H]2O)[C@H]2C(COC(=O)C=Cc3ccc(O)c(O)c3)=C[C@@H](O)[C@@H]12. The van der Waals surface area contributed by atoms with E-state index >= 15 is 0 Å². The molecule has 7 N–H and O–H groups in total. The fraction of sp³-hybridized carbons (Fsp3) is 0.462. The fourth-order valence-electron chi connectivity index (χ4n) is 4.79. The highest BCUT2D eigenvalue weighted by atomic mass is 16.8. The van der Waals surface area contributed by atoms with Crippen LogP contribution >= 0.6 is 0 Å². The Labute approximate surface area is 227 Å². The standard InChI is InChI=1S/C26H30O14/c1-36-24(35)13-10-38-25(40-26-23(34)22(33)21(32)17(8-27)39-26)19-12(7-16(30)20(13)19)9-37-18(31)5-3-11-2-4-14(28)15(29)6-11/h2-7,10,16-17,19-23,25-30,32-34H,8-9H2,1H3/t16-,17-,19+,20-,21-,22+,23-,25-,26+/m1/s1. The number of hydrogen-bond donors (Lipinski definition) is 7. The molecule has 9 atom stereocenters. The maximum atomic E-state index is 12.4. The third-order valence-corrected chi connectivity index (χ3v) is 6.88. The van der Waals surface area contributed by atoms with Gasteiger partial charge in [-0.2, -0.15) is 0 Å². The van der Waals surface area contributed by atoms with Crippen molar-refractivity contribution >= 4 is 18.0 Å². The summed E-state index contributed by atoms with van der Waals surface area (Å²) in [7, 11) is 1.15. The van der Waals surface area contributed by atoms with Crippen molar-refractivity contribution in [3.63, 3.8) is 0 Å². The van der Waals surface area contributed by atoms with Gasteiger partial charge in [0.1, 0.15) is 31.0 Å². The van der Waals surface area contributed by atoms with E-state index in [2.05, 4.69) is 0 Å². The second-order valence-corrected chi connectivity index (χ2v) is 9.38. The molecule has 0 bridgehead atoms. The summed E-state index contributed by atoms with van der Waals surface area (Å²) >= 11 is 0. The predicted octanol–water partition coefficient (Wildman–Crippen LogP) is -1.58. The molecule has 14 nitrogen and oxygen atoms in total. The molecule has 0 radical (unpaired) electrons. The summed E-state index contributed by atoms with van der Waals surface area (Å²) in [4.78, 5) is 24.8. The summed E-state index contributed by atoms with van der Waals surface area (Å²) in [6, 6.07) is 3.94. The van der Waals surface area contributed by atoms with Gasteiger partial charge in [0.2, 0.25) is 6.29 Å². The fourth-order valence-corrected chi connectivity index (χ4v) is 4.79.